The van der Waals surface area contributed by atoms with Gasteiger partial charge in [-0.05, 0) is 39.3 Å². The van der Waals surface area contributed by atoms with Crippen molar-refractivity contribution < 1.29 is 32.3 Å². The second-order valence-corrected chi connectivity index (χ2v) is 6.59. The summed E-state index contributed by atoms with van der Waals surface area (Å²) in [6, 6.07) is 1.63. The van der Waals surface area contributed by atoms with E-state index in [9.17, 15) is 27.6 Å². The van der Waals surface area contributed by atoms with Crippen LogP contribution >= 0.6 is 11.6 Å². The molecule has 0 unspecified atom stereocenters. The molecule has 0 saturated carbocycles. The van der Waals surface area contributed by atoms with Gasteiger partial charge in [0.1, 0.15) is 11.0 Å². The zero-order chi connectivity index (χ0) is 21.2. The van der Waals surface area contributed by atoms with Gasteiger partial charge >= 0.3 is 12.1 Å². The summed E-state index contributed by atoms with van der Waals surface area (Å²) in [5.41, 5.74) is 1.44. The summed E-state index contributed by atoms with van der Waals surface area (Å²) in [5.74, 6) is -2.15. The van der Waals surface area contributed by atoms with Crippen LogP contribution in [-0.2, 0) is 25.3 Å². The summed E-state index contributed by atoms with van der Waals surface area (Å²) in [6.45, 7) is 4.78. The van der Waals surface area contributed by atoms with Gasteiger partial charge < -0.3 is 4.74 Å². The van der Waals surface area contributed by atoms with Crippen molar-refractivity contribution in [2.24, 2.45) is 0 Å². The largest absolute Gasteiger partial charge is 0.463 e. The molecule has 2 amide bonds. The fraction of sp³-hybridized carbons (Fsp3) is 0.412. The number of nitrogens with zero attached hydrogens (tertiary/aromatic N) is 2. The van der Waals surface area contributed by atoms with Gasteiger partial charge in [0.2, 0.25) is 0 Å². The number of anilines is 1. The minimum atomic E-state index is -4.68. The maximum atomic E-state index is 12.7. The van der Waals surface area contributed by atoms with E-state index >= 15 is 0 Å². The van der Waals surface area contributed by atoms with Crippen LogP contribution in [0.25, 0.3) is 0 Å². The highest BCUT2D eigenvalue weighted by Crippen LogP contribution is 2.34. The SMILES string of the molecule is CC1=C(CCC(=O)OC(C)C)C(=O)N(Nc2ccc(C(F)(F)F)c(Cl)n2)C1=O. The molecule has 1 N–H and O–H groups in total. The summed E-state index contributed by atoms with van der Waals surface area (Å²) in [4.78, 5) is 39.9. The second-order valence-electron chi connectivity index (χ2n) is 6.23. The van der Waals surface area contributed by atoms with Crippen LogP contribution in [0.5, 0.6) is 0 Å². The Kier molecular flexibility index (Phi) is 6.33. The molecule has 152 valence electrons. The van der Waals surface area contributed by atoms with Crippen LogP contribution in [0.15, 0.2) is 23.3 Å². The van der Waals surface area contributed by atoms with Crippen LogP contribution in [0.1, 0.15) is 39.2 Å². The van der Waals surface area contributed by atoms with E-state index in [4.69, 9.17) is 16.3 Å². The molecule has 0 bridgehead atoms. The predicted molar refractivity (Wildman–Crippen MR) is 92.9 cm³/mol. The van der Waals surface area contributed by atoms with Crippen molar-refractivity contribution in [2.75, 3.05) is 5.43 Å². The standard InChI is InChI=1S/C17H17ClF3N3O4/c1-8(2)28-13(25)7-4-10-9(3)15(26)24(16(10)27)23-12-6-5-11(14(18)22-12)17(19,20)21/h5-6,8H,4,7H2,1-3H3,(H,22,23). The number of carbonyl (C=O) groups is 3. The van der Waals surface area contributed by atoms with Gasteiger partial charge in [0.15, 0.2) is 0 Å². The molecule has 0 fully saturated rings. The van der Waals surface area contributed by atoms with E-state index in [1.807, 2.05) is 0 Å². The number of esters is 1. The summed E-state index contributed by atoms with van der Waals surface area (Å²) in [6.07, 6.45) is -5.10. The van der Waals surface area contributed by atoms with Crippen LogP contribution in [0.3, 0.4) is 0 Å². The van der Waals surface area contributed by atoms with E-state index in [2.05, 4.69) is 10.4 Å². The maximum absolute atomic E-state index is 12.7. The number of ether oxygens (including phenoxy) is 1. The molecule has 2 heterocycles. The van der Waals surface area contributed by atoms with Crippen molar-refractivity contribution in [3.05, 3.63) is 34.0 Å². The Balaban J connectivity index is 2.11. The second kappa shape index (κ2) is 8.17. The molecular weight excluding hydrogens is 403 g/mol. The van der Waals surface area contributed by atoms with E-state index in [0.29, 0.717) is 11.1 Å². The Hall–Kier alpha value is -2.62. The van der Waals surface area contributed by atoms with E-state index in [-0.39, 0.29) is 35.9 Å². The lowest BCUT2D eigenvalue weighted by Gasteiger charge is -2.17. The normalized spacial score (nSPS) is 14.9. The lowest BCUT2D eigenvalue weighted by Crippen LogP contribution is -2.37. The highest BCUT2D eigenvalue weighted by atomic mass is 35.5. The Bertz CT molecular complexity index is 853. The fourth-order valence-corrected chi connectivity index (χ4v) is 2.71. The summed E-state index contributed by atoms with van der Waals surface area (Å²) in [7, 11) is 0. The number of imide groups is 1. The number of amides is 2. The van der Waals surface area contributed by atoms with Crippen molar-refractivity contribution in [3.63, 3.8) is 0 Å². The third-order valence-electron chi connectivity index (χ3n) is 3.76. The van der Waals surface area contributed by atoms with Gasteiger partial charge in [0.25, 0.3) is 11.8 Å². The van der Waals surface area contributed by atoms with E-state index in [1.54, 1.807) is 13.8 Å². The molecule has 0 aliphatic carbocycles. The quantitative estimate of drug-likeness (QED) is 0.431. The van der Waals surface area contributed by atoms with Crippen molar-refractivity contribution in [2.45, 2.75) is 45.9 Å². The predicted octanol–water partition coefficient (Wildman–Crippen LogP) is 3.50. The van der Waals surface area contributed by atoms with Gasteiger partial charge in [-0.15, -0.1) is 0 Å². The third-order valence-corrected chi connectivity index (χ3v) is 4.05. The molecule has 0 spiro atoms. The molecule has 0 aromatic carbocycles. The molecular formula is C17H17ClF3N3O4. The molecule has 1 aliphatic rings. The van der Waals surface area contributed by atoms with E-state index in [0.717, 1.165) is 6.07 Å². The highest BCUT2D eigenvalue weighted by Gasteiger charge is 2.37. The van der Waals surface area contributed by atoms with E-state index in [1.165, 1.54) is 6.92 Å². The molecule has 2 rings (SSSR count). The number of hydrazine groups is 1. The van der Waals surface area contributed by atoms with Crippen LogP contribution < -0.4 is 5.43 Å². The number of hydrogen-bond donors (Lipinski definition) is 1. The van der Waals surface area contributed by atoms with Crippen molar-refractivity contribution in [1.82, 2.24) is 9.99 Å². The number of aromatic nitrogens is 1. The lowest BCUT2D eigenvalue weighted by atomic mass is 10.1. The van der Waals surface area contributed by atoms with Crippen molar-refractivity contribution in [3.8, 4) is 0 Å². The van der Waals surface area contributed by atoms with Crippen LogP contribution in [0.2, 0.25) is 5.15 Å². The van der Waals surface area contributed by atoms with Crippen molar-refractivity contribution >= 4 is 35.2 Å². The van der Waals surface area contributed by atoms with Gasteiger partial charge in [0, 0.05) is 17.6 Å². The number of alkyl halides is 3. The average molecular weight is 420 g/mol. The maximum Gasteiger partial charge on any atom is 0.419 e. The first-order valence-electron chi connectivity index (χ1n) is 8.20. The van der Waals surface area contributed by atoms with Crippen molar-refractivity contribution in [1.29, 1.82) is 0 Å². The van der Waals surface area contributed by atoms with Crippen LogP contribution in [-0.4, -0.2) is 33.9 Å². The Morgan fingerprint density at radius 1 is 1.29 bits per heavy atom. The topological polar surface area (TPSA) is 88.6 Å². The highest BCUT2D eigenvalue weighted by molar-refractivity contribution is 6.30. The summed E-state index contributed by atoms with van der Waals surface area (Å²) in [5, 5.41) is -0.206. The fourth-order valence-electron chi connectivity index (χ4n) is 2.45. The average Bonchev–Trinajstić information content (AvgIpc) is 2.75. The number of pyridine rings is 1. The Morgan fingerprint density at radius 2 is 1.93 bits per heavy atom. The molecule has 7 nitrogen and oxygen atoms in total. The lowest BCUT2D eigenvalue weighted by molar-refractivity contribution is -0.147. The monoisotopic (exact) mass is 419 g/mol. The molecule has 0 saturated heterocycles. The molecule has 0 radical (unpaired) electrons. The molecule has 28 heavy (non-hydrogen) atoms. The van der Waals surface area contributed by atoms with Crippen LogP contribution in [0, 0.1) is 0 Å². The molecule has 0 atom stereocenters. The smallest absolute Gasteiger partial charge is 0.419 e. The van der Waals surface area contributed by atoms with Gasteiger partial charge in [-0.2, -0.15) is 18.2 Å². The van der Waals surface area contributed by atoms with Crippen LogP contribution in [0.4, 0.5) is 19.0 Å². The molecule has 1 aromatic heterocycles. The first kappa shape index (κ1) is 21.7. The van der Waals surface area contributed by atoms with Gasteiger partial charge in [-0.3, -0.25) is 19.8 Å². The Labute approximate surface area is 163 Å². The zero-order valence-corrected chi connectivity index (χ0v) is 15.9. The third kappa shape index (κ3) is 4.80. The molecule has 1 aromatic rings. The van der Waals surface area contributed by atoms with E-state index < -0.39 is 34.7 Å². The minimum absolute atomic E-state index is 0.0126. The molecule has 11 heteroatoms. The van der Waals surface area contributed by atoms with Gasteiger partial charge in [0.05, 0.1) is 11.7 Å². The number of nitrogens with one attached hydrogen (secondary N) is 1. The Morgan fingerprint density at radius 3 is 2.46 bits per heavy atom. The minimum Gasteiger partial charge on any atom is -0.463 e. The zero-order valence-electron chi connectivity index (χ0n) is 15.2. The molecule has 1 aliphatic heterocycles. The number of carbonyl (C=O) groups excluding carboxylic acids is 3. The number of hydrogen-bond acceptors (Lipinski definition) is 6. The van der Waals surface area contributed by atoms with Gasteiger partial charge in [-0.1, -0.05) is 11.6 Å². The summed E-state index contributed by atoms with van der Waals surface area (Å²) < 4.78 is 43.2. The van der Waals surface area contributed by atoms with Gasteiger partial charge in [-0.25, -0.2) is 4.98 Å². The first-order valence-corrected chi connectivity index (χ1v) is 8.58. The first-order chi connectivity index (χ1) is 12.9. The summed E-state index contributed by atoms with van der Waals surface area (Å²) >= 11 is 5.53. The number of halogens is 4. The number of rotatable bonds is 6.